The highest BCUT2D eigenvalue weighted by atomic mass is 32.1. The standard InChI is InChI=1S/C14H14N4O3S/c1-8-7-22-14-16-13(17-18(8)14)15-12(19)9-4-5-10(20-2)11(6-9)21-3/h4-7H,1-3H3,(H,15,17,19). The molecule has 2 heterocycles. The molecule has 3 rings (SSSR count). The molecular formula is C14H14N4O3S. The Labute approximate surface area is 130 Å². The number of nitrogens with one attached hydrogen (secondary N) is 1. The number of methoxy groups -OCH3 is 2. The van der Waals surface area contributed by atoms with E-state index < -0.39 is 0 Å². The number of anilines is 1. The molecule has 2 aromatic heterocycles. The summed E-state index contributed by atoms with van der Waals surface area (Å²) < 4.78 is 12.0. The summed E-state index contributed by atoms with van der Waals surface area (Å²) in [6.07, 6.45) is 0. The second-order valence-corrected chi connectivity index (χ2v) is 5.37. The van der Waals surface area contributed by atoms with E-state index in [1.54, 1.807) is 29.8 Å². The van der Waals surface area contributed by atoms with E-state index >= 15 is 0 Å². The lowest BCUT2D eigenvalue weighted by molar-refractivity contribution is 0.102. The van der Waals surface area contributed by atoms with Crippen molar-refractivity contribution < 1.29 is 14.3 Å². The quantitative estimate of drug-likeness (QED) is 0.799. The molecule has 0 aliphatic carbocycles. The van der Waals surface area contributed by atoms with Gasteiger partial charge in [0.25, 0.3) is 11.9 Å². The van der Waals surface area contributed by atoms with Gasteiger partial charge in [0, 0.05) is 10.9 Å². The first kappa shape index (κ1) is 14.3. The van der Waals surface area contributed by atoms with Gasteiger partial charge in [-0.3, -0.25) is 10.1 Å². The van der Waals surface area contributed by atoms with Crippen LogP contribution in [-0.2, 0) is 0 Å². The Bertz CT molecular complexity index is 840. The van der Waals surface area contributed by atoms with Crippen molar-refractivity contribution in [2.75, 3.05) is 19.5 Å². The topological polar surface area (TPSA) is 77.8 Å². The summed E-state index contributed by atoms with van der Waals surface area (Å²) in [5.74, 6) is 1.02. The van der Waals surface area contributed by atoms with Gasteiger partial charge in [0.1, 0.15) is 0 Å². The summed E-state index contributed by atoms with van der Waals surface area (Å²) >= 11 is 1.47. The van der Waals surface area contributed by atoms with E-state index in [1.807, 2.05) is 12.3 Å². The SMILES string of the molecule is COc1ccc(C(=O)Nc2nc3scc(C)n3n2)cc1OC. The molecule has 1 N–H and O–H groups in total. The highest BCUT2D eigenvalue weighted by Gasteiger charge is 2.14. The fourth-order valence-electron chi connectivity index (χ4n) is 2.00. The zero-order valence-electron chi connectivity index (χ0n) is 12.3. The van der Waals surface area contributed by atoms with E-state index in [4.69, 9.17) is 9.47 Å². The van der Waals surface area contributed by atoms with Gasteiger partial charge in [-0.05, 0) is 25.1 Å². The predicted molar refractivity (Wildman–Crippen MR) is 83.1 cm³/mol. The number of fused-ring (bicyclic) bond motifs is 1. The van der Waals surface area contributed by atoms with E-state index in [2.05, 4.69) is 15.4 Å². The van der Waals surface area contributed by atoms with Crippen LogP contribution in [0.5, 0.6) is 11.5 Å². The van der Waals surface area contributed by atoms with Crippen LogP contribution >= 0.6 is 11.3 Å². The normalized spacial score (nSPS) is 10.7. The lowest BCUT2D eigenvalue weighted by Gasteiger charge is -2.08. The molecule has 0 fully saturated rings. The number of carbonyl (C=O) groups excluding carboxylic acids is 1. The maximum absolute atomic E-state index is 12.3. The molecule has 0 bridgehead atoms. The van der Waals surface area contributed by atoms with Crippen LogP contribution in [-0.4, -0.2) is 34.7 Å². The van der Waals surface area contributed by atoms with Crippen molar-refractivity contribution in [2.24, 2.45) is 0 Å². The van der Waals surface area contributed by atoms with Crippen LogP contribution in [0.2, 0.25) is 0 Å². The van der Waals surface area contributed by atoms with E-state index in [9.17, 15) is 4.79 Å². The maximum atomic E-state index is 12.3. The van der Waals surface area contributed by atoms with Gasteiger partial charge in [-0.1, -0.05) is 0 Å². The maximum Gasteiger partial charge on any atom is 0.258 e. The van der Waals surface area contributed by atoms with E-state index in [0.717, 1.165) is 10.7 Å². The predicted octanol–water partition coefficient (Wildman–Crippen LogP) is 2.37. The van der Waals surface area contributed by atoms with Crippen molar-refractivity contribution in [3.8, 4) is 11.5 Å². The molecule has 7 nitrogen and oxygen atoms in total. The second kappa shape index (κ2) is 5.64. The lowest BCUT2D eigenvalue weighted by Crippen LogP contribution is -2.13. The molecule has 0 aliphatic rings. The first-order valence-electron chi connectivity index (χ1n) is 6.46. The van der Waals surface area contributed by atoms with Gasteiger partial charge in [0.15, 0.2) is 11.5 Å². The molecule has 3 aromatic rings. The molecule has 1 aromatic carbocycles. The van der Waals surface area contributed by atoms with Gasteiger partial charge in [0.2, 0.25) is 4.96 Å². The summed E-state index contributed by atoms with van der Waals surface area (Å²) in [6.45, 7) is 1.93. The summed E-state index contributed by atoms with van der Waals surface area (Å²) in [4.78, 5) is 17.3. The average Bonchev–Trinajstić information content (AvgIpc) is 3.08. The number of ether oxygens (including phenoxy) is 2. The van der Waals surface area contributed by atoms with E-state index in [1.165, 1.54) is 18.4 Å². The van der Waals surface area contributed by atoms with Crippen LogP contribution in [0.25, 0.3) is 4.96 Å². The Morgan fingerprint density at radius 3 is 2.73 bits per heavy atom. The summed E-state index contributed by atoms with van der Waals surface area (Å²) in [5, 5.41) is 8.87. The number of rotatable bonds is 4. The molecule has 114 valence electrons. The highest BCUT2D eigenvalue weighted by Crippen LogP contribution is 2.27. The van der Waals surface area contributed by atoms with Crippen molar-refractivity contribution in [1.82, 2.24) is 14.6 Å². The van der Waals surface area contributed by atoms with Crippen molar-refractivity contribution in [3.63, 3.8) is 0 Å². The summed E-state index contributed by atoms with van der Waals surface area (Å²) in [7, 11) is 3.06. The van der Waals surface area contributed by atoms with Crippen molar-refractivity contribution in [1.29, 1.82) is 0 Å². The van der Waals surface area contributed by atoms with Crippen molar-refractivity contribution in [2.45, 2.75) is 6.92 Å². The first-order valence-corrected chi connectivity index (χ1v) is 7.34. The number of amides is 1. The van der Waals surface area contributed by atoms with Gasteiger partial charge < -0.3 is 9.47 Å². The van der Waals surface area contributed by atoms with Crippen molar-refractivity contribution >= 4 is 28.2 Å². The van der Waals surface area contributed by atoms with Gasteiger partial charge in [-0.25, -0.2) is 4.52 Å². The molecule has 0 saturated carbocycles. The smallest absolute Gasteiger partial charge is 0.258 e. The molecule has 22 heavy (non-hydrogen) atoms. The number of hydrogen-bond acceptors (Lipinski definition) is 6. The lowest BCUT2D eigenvalue weighted by atomic mass is 10.2. The Morgan fingerprint density at radius 1 is 1.27 bits per heavy atom. The fraction of sp³-hybridized carbons (Fsp3) is 0.214. The first-order chi connectivity index (χ1) is 10.6. The summed E-state index contributed by atoms with van der Waals surface area (Å²) in [5.41, 5.74) is 1.41. The van der Waals surface area contributed by atoms with Crippen LogP contribution in [0.15, 0.2) is 23.6 Å². The minimum absolute atomic E-state index is 0.273. The Morgan fingerprint density at radius 2 is 2.05 bits per heavy atom. The minimum atomic E-state index is -0.308. The molecule has 0 saturated heterocycles. The highest BCUT2D eigenvalue weighted by molar-refractivity contribution is 7.15. The zero-order valence-corrected chi connectivity index (χ0v) is 13.1. The van der Waals surface area contributed by atoms with E-state index in [-0.39, 0.29) is 11.9 Å². The van der Waals surface area contributed by atoms with Gasteiger partial charge in [0.05, 0.1) is 19.9 Å². The zero-order chi connectivity index (χ0) is 15.7. The molecule has 0 aliphatic heterocycles. The molecule has 0 atom stereocenters. The Hall–Kier alpha value is -2.61. The molecule has 1 amide bonds. The second-order valence-electron chi connectivity index (χ2n) is 4.53. The van der Waals surface area contributed by atoms with Crippen LogP contribution in [0.3, 0.4) is 0 Å². The number of thiazole rings is 1. The Balaban J connectivity index is 1.84. The van der Waals surface area contributed by atoms with Gasteiger partial charge in [-0.2, -0.15) is 4.98 Å². The van der Waals surface area contributed by atoms with Crippen LogP contribution in [0.4, 0.5) is 5.95 Å². The third-order valence-corrected chi connectivity index (χ3v) is 4.05. The molecular weight excluding hydrogens is 304 g/mol. The number of carbonyl (C=O) groups is 1. The average molecular weight is 318 g/mol. The van der Waals surface area contributed by atoms with Crippen LogP contribution in [0.1, 0.15) is 16.1 Å². The van der Waals surface area contributed by atoms with Gasteiger partial charge in [-0.15, -0.1) is 16.4 Å². The number of aromatic nitrogens is 3. The third kappa shape index (κ3) is 2.48. The van der Waals surface area contributed by atoms with Crippen LogP contribution < -0.4 is 14.8 Å². The molecule has 0 unspecified atom stereocenters. The number of hydrogen-bond donors (Lipinski definition) is 1. The van der Waals surface area contributed by atoms with Crippen LogP contribution in [0, 0.1) is 6.92 Å². The Kier molecular flexibility index (Phi) is 3.68. The molecule has 0 spiro atoms. The van der Waals surface area contributed by atoms with Gasteiger partial charge >= 0.3 is 0 Å². The number of nitrogens with zero attached hydrogens (tertiary/aromatic N) is 3. The third-order valence-electron chi connectivity index (χ3n) is 3.12. The minimum Gasteiger partial charge on any atom is -0.493 e. The molecule has 0 radical (unpaired) electrons. The summed E-state index contributed by atoms with van der Waals surface area (Å²) in [6, 6.07) is 4.94. The molecule has 8 heteroatoms. The van der Waals surface area contributed by atoms with Crippen molar-refractivity contribution in [3.05, 3.63) is 34.8 Å². The largest absolute Gasteiger partial charge is 0.493 e. The number of aryl methyl sites for hydroxylation is 1. The number of benzene rings is 1. The monoisotopic (exact) mass is 318 g/mol. The fourth-order valence-corrected chi connectivity index (χ4v) is 2.80. The van der Waals surface area contributed by atoms with E-state index in [0.29, 0.717) is 17.1 Å².